The molecule has 8 nitrogen and oxygen atoms in total. The summed E-state index contributed by atoms with van der Waals surface area (Å²) < 4.78 is 1.79. The molecule has 3 aromatic heterocycles. The maximum Gasteiger partial charge on any atom is 0.221 e. The third-order valence-corrected chi connectivity index (χ3v) is 6.38. The molecule has 2 N–H and O–H groups in total. The highest BCUT2D eigenvalue weighted by Crippen LogP contribution is 2.25. The van der Waals surface area contributed by atoms with Crippen LogP contribution in [0.1, 0.15) is 49.2 Å². The molecule has 1 aromatic carbocycles. The minimum Gasteiger partial charge on any atom is -0.368 e. The van der Waals surface area contributed by atoms with Gasteiger partial charge in [-0.05, 0) is 64.0 Å². The first-order valence-corrected chi connectivity index (χ1v) is 11.9. The second-order valence-corrected chi connectivity index (χ2v) is 8.99. The molecule has 0 bridgehead atoms. The fourth-order valence-corrected chi connectivity index (χ4v) is 4.52. The van der Waals surface area contributed by atoms with Gasteiger partial charge in [0.15, 0.2) is 0 Å². The van der Waals surface area contributed by atoms with Crippen LogP contribution in [0.15, 0.2) is 54.7 Å². The Labute approximate surface area is 199 Å². The third-order valence-electron chi connectivity index (χ3n) is 6.38. The van der Waals surface area contributed by atoms with Crippen molar-refractivity contribution in [3.8, 4) is 22.6 Å². The number of nitrogens with two attached hydrogens (primary N) is 1. The molecule has 0 radical (unpaired) electrons. The van der Waals surface area contributed by atoms with E-state index in [2.05, 4.69) is 63.3 Å². The van der Waals surface area contributed by atoms with Crippen LogP contribution in [0, 0.1) is 6.92 Å². The lowest BCUT2D eigenvalue weighted by Crippen LogP contribution is -2.32. The van der Waals surface area contributed by atoms with Crippen LogP contribution in [-0.2, 0) is 6.54 Å². The molecule has 1 fully saturated rings. The van der Waals surface area contributed by atoms with E-state index in [1.54, 1.807) is 4.68 Å². The molecule has 1 aliphatic rings. The van der Waals surface area contributed by atoms with E-state index in [0.29, 0.717) is 24.0 Å². The standard InChI is InChI=1S/C26H30N8/c1-18-8-6-9-20(14-18)23-15-24(30-26(27)29-23)25-17-34(32-31-25)16-21-10-7-11-22(28-21)19(2)33-12-4-3-5-13-33/h6-11,14-15,17,19H,3-5,12-13,16H2,1-2H3,(H2,27,29,30)/t19-/m0/s1. The van der Waals surface area contributed by atoms with Crippen molar-refractivity contribution in [2.45, 2.75) is 45.7 Å². The smallest absolute Gasteiger partial charge is 0.221 e. The van der Waals surface area contributed by atoms with E-state index in [0.717, 1.165) is 41.3 Å². The van der Waals surface area contributed by atoms with Gasteiger partial charge in [0.05, 0.1) is 35.5 Å². The van der Waals surface area contributed by atoms with Crippen LogP contribution in [0.2, 0.25) is 0 Å². The Hall–Kier alpha value is -3.65. The number of nitrogens with zero attached hydrogens (tertiary/aromatic N) is 7. The van der Waals surface area contributed by atoms with E-state index in [1.807, 2.05) is 30.5 Å². The monoisotopic (exact) mass is 454 g/mol. The second-order valence-electron chi connectivity index (χ2n) is 8.99. The number of pyridine rings is 1. The van der Waals surface area contributed by atoms with Gasteiger partial charge in [-0.2, -0.15) is 0 Å². The fraction of sp³-hybridized carbons (Fsp3) is 0.346. The van der Waals surface area contributed by atoms with Gasteiger partial charge in [-0.1, -0.05) is 41.5 Å². The number of likely N-dealkylation sites (tertiary alicyclic amines) is 1. The molecule has 5 rings (SSSR count). The molecule has 0 saturated carbocycles. The summed E-state index contributed by atoms with van der Waals surface area (Å²) in [7, 11) is 0. The Balaban J connectivity index is 1.35. The van der Waals surface area contributed by atoms with Gasteiger partial charge in [-0.15, -0.1) is 5.10 Å². The number of hydrogen-bond donors (Lipinski definition) is 1. The number of aromatic nitrogens is 6. The van der Waals surface area contributed by atoms with Gasteiger partial charge in [0, 0.05) is 11.6 Å². The van der Waals surface area contributed by atoms with Crippen LogP contribution in [0.3, 0.4) is 0 Å². The molecule has 0 unspecified atom stereocenters. The summed E-state index contributed by atoms with van der Waals surface area (Å²) in [5.41, 5.74) is 12.3. The van der Waals surface area contributed by atoms with Crippen LogP contribution < -0.4 is 5.73 Å². The number of anilines is 1. The third kappa shape index (κ3) is 4.97. The van der Waals surface area contributed by atoms with E-state index in [-0.39, 0.29) is 5.95 Å². The van der Waals surface area contributed by atoms with Crippen LogP contribution in [0.25, 0.3) is 22.6 Å². The van der Waals surface area contributed by atoms with Gasteiger partial charge in [-0.3, -0.25) is 9.88 Å². The zero-order valence-electron chi connectivity index (χ0n) is 19.7. The van der Waals surface area contributed by atoms with E-state index < -0.39 is 0 Å². The average Bonchev–Trinajstić information content (AvgIpc) is 3.32. The Morgan fingerprint density at radius 1 is 0.912 bits per heavy atom. The molecule has 4 aromatic rings. The SMILES string of the molecule is Cc1cccc(-c2cc(-c3cn(Cc4cccc([C@H](C)N5CCCCC5)n4)nn3)nc(N)n2)c1. The Morgan fingerprint density at radius 3 is 2.53 bits per heavy atom. The maximum absolute atomic E-state index is 6.02. The summed E-state index contributed by atoms with van der Waals surface area (Å²) in [5.74, 6) is 0.213. The number of benzene rings is 1. The van der Waals surface area contributed by atoms with Crippen molar-refractivity contribution in [3.05, 3.63) is 71.7 Å². The van der Waals surface area contributed by atoms with Crippen molar-refractivity contribution in [1.82, 2.24) is 34.8 Å². The normalized spacial score (nSPS) is 15.4. The first-order chi connectivity index (χ1) is 16.5. The molecule has 1 saturated heterocycles. The molecular formula is C26H30N8. The van der Waals surface area contributed by atoms with Crippen LogP contribution in [0.5, 0.6) is 0 Å². The molecule has 34 heavy (non-hydrogen) atoms. The van der Waals surface area contributed by atoms with Crippen molar-refractivity contribution < 1.29 is 0 Å². The fourth-order valence-electron chi connectivity index (χ4n) is 4.52. The van der Waals surface area contributed by atoms with E-state index in [1.165, 1.54) is 19.3 Å². The average molecular weight is 455 g/mol. The molecule has 0 aliphatic carbocycles. The lowest BCUT2D eigenvalue weighted by Gasteiger charge is -2.32. The largest absolute Gasteiger partial charge is 0.368 e. The first-order valence-electron chi connectivity index (χ1n) is 11.9. The maximum atomic E-state index is 6.02. The molecule has 174 valence electrons. The summed E-state index contributed by atoms with van der Waals surface area (Å²) in [6.07, 6.45) is 5.75. The molecule has 0 spiro atoms. The van der Waals surface area contributed by atoms with Gasteiger partial charge >= 0.3 is 0 Å². The minimum atomic E-state index is 0.213. The van der Waals surface area contributed by atoms with Crippen molar-refractivity contribution in [2.24, 2.45) is 0 Å². The molecule has 1 atom stereocenters. The summed E-state index contributed by atoms with van der Waals surface area (Å²) in [4.78, 5) is 16.2. The number of hydrogen-bond acceptors (Lipinski definition) is 7. The lowest BCUT2D eigenvalue weighted by atomic mass is 10.1. The molecule has 0 amide bonds. The number of piperidine rings is 1. The molecule has 8 heteroatoms. The van der Waals surface area contributed by atoms with Crippen molar-refractivity contribution in [1.29, 1.82) is 0 Å². The van der Waals surface area contributed by atoms with Gasteiger partial charge in [-0.25, -0.2) is 14.6 Å². The Morgan fingerprint density at radius 2 is 1.71 bits per heavy atom. The number of nitrogen functional groups attached to an aromatic ring is 1. The number of rotatable bonds is 6. The van der Waals surface area contributed by atoms with Gasteiger partial charge < -0.3 is 5.73 Å². The van der Waals surface area contributed by atoms with Crippen LogP contribution in [-0.4, -0.2) is 47.9 Å². The summed E-state index contributed by atoms with van der Waals surface area (Å²) >= 11 is 0. The van der Waals surface area contributed by atoms with E-state index in [4.69, 9.17) is 10.7 Å². The quantitative estimate of drug-likeness (QED) is 0.464. The molecule has 4 heterocycles. The van der Waals surface area contributed by atoms with E-state index in [9.17, 15) is 0 Å². The predicted molar refractivity (Wildman–Crippen MR) is 133 cm³/mol. The predicted octanol–water partition coefficient (Wildman–Crippen LogP) is 4.28. The summed E-state index contributed by atoms with van der Waals surface area (Å²) in [6, 6.07) is 16.6. The zero-order valence-corrected chi connectivity index (χ0v) is 19.7. The van der Waals surface area contributed by atoms with Crippen LogP contribution >= 0.6 is 0 Å². The van der Waals surface area contributed by atoms with Crippen molar-refractivity contribution in [3.63, 3.8) is 0 Å². The van der Waals surface area contributed by atoms with Crippen molar-refractivity contribution in [2.75, 3.05) is 18.8 Å². The number of aryl methyl sites for hydroxylation is 1. The Kier molecular flexibility index (Phi) is 6.31. The highest BCUT2D eigenvalue weighted by molar-refractivity contribution is 5.67. The molecular weight excluding hydrogens is 424 g/mol. The topological polar surface area (TPSA) is 98.6 Å². The van der Waals surface area contributed by atoms with Gasteiger partial charge in [0.25, 0.3) is 0 Å². The minimum absolute atomic E-state index is 0.213. The first kappa shape index (κ1) is 22.2. The Bertz CT molecular complexity index is 1280. The van der Waals surface area contributed by atoms with E-state index >= 15 is 0 Å². The highest BCUT2D eigenvalue weighted by Gasteiger charge is 2.19. The van der Waals surface area contributed by atoms with Gasteiger partial charge in [0.2, 0.25) is 5.95 Å². The summed E-state index contributed by atoms with van der Waals surface area (Å²) in [6.45, 7) is 7.13. The van der Waals surface area contributed by atoms with Crippen LogP contribution in [0.4, 0.5) is 5.95 Å². The van der Waals surface area contributed by atoms with Crippen molar-refractivity contribution >= 4 is 5.95 Å². The zero-order chi connectivity index (χ0) is 23.5. The second kappa shape index (κ2) is 9.69. The summed E-state index contributed by atoms with van der Waals surface area (Å²) in [5, 5.41) is 8.65. The van der Waals surface area contributed by atoms with Gasteiger partial charge in [0.1, 0.15) is 5.69 Å². The lowest BCUT2D eigenvalue weighted by molar-refractivity contribution is 0.172. The highest BCUT2D eigenvalue weighted by atomic mass is 15.4. The molecule has 1 aliphatic heterocycles.